The Morgan fingerprint density at radius 3 is 0.800 bits per heavy atom. The van der Waals surface area contributed by atoms with Crippen molar-refractivity contribution in [3.05, 3.63) is 0 Å². The first kappa shape index (κ1) is 93.1. The molecule has 0 fully saturated rings. The topological polar surface area (TPSA) is 237 Å². The van der Waals surface area contributed by atoms with Gasteiger partial charge in [-0.3, -0.25) is 37.3 Å². The van der Waals surface area contributed by atoms with Crippen molar-refractivity contribution < 1.29 is 80.2 Å². The second-order valence-corrected chi connectivity index (χ2v) is 31.5. The molecule has 17 nitrogen and oxygen atoms in total. The molecule has 0 aromatic heterocycles. The van der Waals surface area contributed by atoms with Gasteiger partial charge in [0.05, 0.1) is 26.4 Å². The number of phosphoric acid groups is 2. The van der Waals surface area contributed by atoms with Crippen molar-refractivity contribution in [3.8, 4) is 0 Å². The summed E-state index contributed by atoms with van der Waals surface area (Å²) in [4.78, 5) is 72.8. The number of aliphatic hydroxyl groups is 1. The molecule has 19 heteroatoms. The van der Waals surface area contributed by atoms with E-state index in [1.54, 1.807) is 0 Å². The average molecular weight is 1400 g/mol. The maximum atomic E-state index is 13.1. The molecule has 0 aliphatic rings. The van der Waals surface area contributed by atoms with Gasteiger partial charge in [-0.25, -0.2) is 9.13 Å². The Kier molecular flexibility index (Phi) is 65.2. The van der Waals surface area contributed by atoms with Crippen LogP contribution in [-0.2, 0) is 65.4 Å². The highest BCUT2D eigenvalue weighted by Crippen LogP contribution is 2.45. The van der Waals surface area contributed by atoms with Crippen LogP contribution in [0.25, 0.3) is 0 Å². The lowest BCUT2D eigenvalue weighted by molar-refractivity contribution is -0.161. The molecule has 0 heterocycles. The van der Waals surface area contributed by atoms with Crippen LogP contribution in [0.1, 0.15) is 389 Å². The van der Waals surface area contributed by atoms with Crippen molar-refractivity contribution in [1.82, 2.24) is 0 Å². The van der Waals surface area contributed by atoms with Crippen LogP contribution in [0.3, 0.4) is 0 Å². The van der Waals surface area contributed by atoms with E-state index in [1.807, 2.05) is 0 Å². The van der Waals surface area contributed by atoms with Crippen molar-refractivity contribution >= 4 is 39.5 Å². The molecule has 0 amide bonds. The molecule has 0 bridgehead atoms. The smallest absolute Gasteiger partial charge is 0.462 e. The number of phosphoric ester groups is 2. The minimum Gasteiger partial charge on any atom is -0.462 e. The van der Waals surface area contributed by atoms with Gasteiger partial charge in [-0.05, 0) is 43.4 Å². The number of carbonyl (C=O) groups is 4. The van der Waals surface area contributed by atoms with E-state index in [4.69, 9.17) is 37.0 Å². The van der Waals surface area contributed by atoms with Crippen molar-refractivity contribution in [1.29, 1.82) is 0 Å². The van der Waals surface area contributed by atoms with E-state index < -0.39 is 97.5 Å². The van der Waals surface area contributed by atoms with E-state index in [0.29, 0.717) is 25.7 Å². The molecular formula is C76H148O17P2. The van der Waals surface area contributed by atoms with Gasteiger partial charge in [-0.1, -0.05) is 337 Å². The lowest BCUT2D eigenvalue weighted by atomic mass is 9.99. The fraction of sp³-hybridized carbons (Fsp3) is 0.947. The Hall–Kier alpha value is -1.94. The molecule has 3 N–H and O–H groups in total. The standard InChI is InChI=1S/C76H148O17P2/c1-8-10-11-12-13-14-15-22-28-36-43-50-57-73(78)86-64-72(93-76(81)60-53-46-39-32-31-35-42-49-56-69(7)9-2)66-91-95(84,85)89-62-70(77)61-88-94(82,83)90-65-71(63-87-74(79)58-51-44-37-29-25-24-27-34-41-48-55-68(5)6)92-75(80)59-52-45-38-30-23-20-18-16-17-19-21-26-33-40-47-54-67(3)4/h67-72,77H,8-66H2,1-7H3,(H,82,83)(H,84,85)/t69?,70-,71-,72-/m1/s1. The van der Waals surface area contributed by atoms with Crippen molar-refractivity contribution in [2.45, 2.75) is 407 Å². The van der Waals surface area contributed by atoms with Crippen LogP contribution in [0.15, 0.2) is 0 Å². The van der Waals surface area contributed by atoms with Gasteiger partial charge in [0.15, 0.2) is 12.2 Å². The van der Waals surface area contributed by atoms with Crippen LogP contribution in [0.5, 0.6) is 0 Å². The summed E-state index contributed by atoms with van der Waals surface area (Å²) in [5.41, 5.74) is 0. The van der Waals surface area contributed by atoms with Gasteiger partial charge in [-0.15, -0.1) is 0 Å². The van der Waals surface area contributed by atoms with E-state index in [1.165, 1.54) is 199 Å². The molecule has 0 rings (SSSR count). The normalized spacial score (nSPS) is 14.4. The van der Waals surface area contributed by atoms with Crippen LogP contribution >= 0.6 is 15.6 Å². The Morgan fingerprint density at radius 2 is 0.537 bits per heavy atom. The molecule has 3 unspecified atom stereocenters. The van der Waals surface area contributed by atoms with Gasteiger partial charge < -0.3 is 33.8 Å². The van der Waals surface area contributed by atoms with Gasteiger partial charge in [-0.2, -0.15) is 0 Å². The van der Waals surface area contributed by atoms with Gasteiger partial charge >= 0.3 is 39.5 Å². The van der Waals surface area contributed by atoms with Crippen molar-refractivity contribution in [2.75, 3.05) is 39.6 Å². The Bertz CT molecular complexity index is 1850. The molecule has 0 saturated carbocycles. The molecule has 0 aromatic rings. The first-order valence-corrected chi connectivity index (χ1v) is 42.4. The van der Waals surface area contributed by atoms with E-state index in [2.05, 4.69) is 48.5 Å². The molecule has 0 saturated heterocycles. The van der Waals surface area contributed by atoms with Crippen LogP contribution in [0.2, 0.25) is 0 Å². The first-order chi connectivity index (χ1) is 45.8. The third-order valence-corrected chi connectivity index (χ3v) is 19.9. The van der Waals surface area contributed by atoms with Crippen LogP contribution < -0.4 is 0 Å². The third kappa shape index (κ3) is 69.0. The number of unbranched alkanes of at least 4 members (excludes halogenated alkanes) is 41. The van der Waals surface area contributed by atoms with Crippen LogP contribution in [0, 0.1) is 17.8 Å². The minimum absolute atomic E-state index is 0.105. The summed E-state index contributed by atoms with van der Waals surface area (Å²) < 4.78 is 68.5. The molecule has 6 atom stereocenters. The molecule has 0 aliphatic heterocycles. The maximum Gasteiger partial charge on any atom is 0.472 e. The predicted molar refractivity (Wildman–Crippen MR) is 386 cm³/mol. The van der Waals surface area contributed by atoms with Crippen molar-refractivity contribution in [2.24, 2.45) is 17.8 Å². The van der Waals surface area contributed by atoms with Gasteiger partial charge in [0.1, 0.15) is 19.3 Å². The Balaban J connectivity index is 5.25. The lowest BCUT2D eigenvalue weighted by Crippen LogP contribution is -2.30. The largest absolute Gasteiger partial charge is 0.472 e. The summed E-state index contributed by atoms with van der Waals surface area (Å²) in [7, 11) is -9.91. The van der Waals surface area contributed by atoms with Crippen LogP contribution in [-0.4, -0.2) is 96.7 Å². The lowest BCUT2D eigenvalue weighted by Gasteiger charge is -2.21. The van der Waals surface area contributed by atoms with E-state index >= 15 is 0 Å². The minimum atomic E-state index is -4.96. The fourth-order valence-corrected chi connectivity index (χ4v) is 13.1. The van der Waals surface area contributed by atoms with Gasteiger partial charge in [0, 0.05) is 25.7 Å². The second kappa shape index (κ2) is 66.6. The summed E-state index contributed by atoms with van der Waals surface area (Å²) in [5.74, 6) is 0.213. The van der Waals surface area contributed by atoms with Gasteiger partial charge in [0.2, 0.25) is 0 Å². The average Bonchev–Trinajstić information content (AvgIpc) is 3.03. The molecule has 564 valence electrons. The number of rotatable bonds is 74. The number of ether oxygens (including phenoxy) is 4. The zero-order valence-electron chi connectivity index (χ0n) is 62.1. The molecule has 0 spiro atoms. The number of hydrogen-bond donors (Lipinski definition) is 3. The zero-order valence-corrected chi connectivity index (χ0v) is 63.9. The van der Waals surface area contributed by atoms with E-state index in [-0.39, 0.29) is 25.7 Å². The molecule has 0 aliphatic carbocycles. The zero-order chi connectivity index (χ0) is 70.1. The summed E-state index contributed by atoms with van der Waals surface area (Å²) in [6.45, 7) is 11.9. The Labute approximate surface area is 581 Å². The highest BCUT2D eigenvalue weighted by atomic mass is 31.2. The molecular weight excluding hydrogens is 1250 g/mol. The number of aliphatic hydroxyl groups excluding tert-OH is 1. The number of esters is 4. The number of hydrogen-bond acceptors (Lipinski definition) is 15. The van der Waals surface area contributed by atoms with Crippen LogP contribution in [0.4, 0.5) is 0 Å². The Morgan fingerprint density at radius 1 is 0.305 bits per heavy atom. The third-order valence-electron chi connectivity index (χ3n) is 18.0. The predicted octanol–water partition coefficient (Wildman–Crippen LogP) is 22.2. The highest BCUT2D eigenvalue weighted by Gasteiger charge is 2.30. The van der Waals surface area contributed by atoms with Crippen molar-refractivity contribution in [3.63, 3.8) is 0 Å². The summed E-state index contributed by atoms with van der Waals surface area (Å²) >= 11 is 0. The monoisotopic (exact) mass is 1400 g/mol. The summed E-state index contributed by atoms with van der Waals surface area (Å²) in [6.07, 6.45) is 52.6. The SMILES string of the molecule is CCCCCCCCCCCCCCC(=O)OC[C@H](COP(=O)(O)OC[C@H](O)COP(=O)(O)OC[C@@H](COC(=O)CCCCCCCCCCCCC(C)C)OC(=O)CCCCCCCCCCCCCCCCCC(C)C)OC(=O)CCCCCCCCCCC(C)CC. The first-order valence-electron chi connectivity index (χ1n) is 39.4. The summed E-state index contributed by atoms with van der Waals surface area (Å²) in [6, 6.07) is 0. The maximum absolute atomic E-state index is 13.1. The molecule has 0 radical (unpaired) electrons. The fourth-order valence-electron chi connectivity index (χ4n) is 11.6. The quantitative estimate of drug-likeness (QED) is 0.0222. The molecule has 95 heavy (non-hydrogen) atoms. The summed E-state index contributed by atoms with van der Waals surface area (Å²) in [5, 5.41) is 10.6. The highest BCUT2D eigenvalue weighted by molar-refractivity contribution is 7.47. The number of carbonyl (C=O) groups excluding carboxylic acids is 4. The van der Waals surface area contributed by atoms with Gasteiger partial charge in [0.25, 0.3) is 0 Å². The van der Waals surface area contributed by atoms with E-state index in [9.17, 15) is 43.2 Å². The van der Waals surface area contributed by atoms with E-state index in [0.717, 1.165) is 108 Å². The second-order valence-electron chi connectivity index (χ2n) is 28.6. The molecule has 0 aromatic carbocycles.